The monoisotopic (exact) mass is 540 g/mol. The summed E-state index contributed by atoms with van der Waals surface area (Å²) < 4.78 is 5.92. The number of amides is 2. The van der Waals surface area contributed by atoms with Gasteiger partial charge in [0.15, 0.2) is 5.96 Å². The number of rotatable bonds is 8. The van der Waals surface area contributed by atoms with E-state index >= 15 is 0 Å². The first-order valence-electron chi connectivity index (χ1n) is 11.1. The Bertz CT molecular complexity index is 805. The summed E-state index contributed by atoms with van der Waals surface area (Å²) >= 11 is 0. The molecule has 0 saturated heterocycles. The molecular formula is C23H33IN4O3. The van der Waals surface area contributed by atoms with Crippen LogP contribution in [0.25, 0.3) is 0 Å². The largest absolute Gasteiger partial charge is 0.378 e. The van der Waals surface area contributed by atoms with Gasteiger partial charge in [0, 0.05) is 38.2 Å². The zero-order chi connectivity index (χ0) is 21.1. The summed E-state index contributed by atoms with van der Waals surface area (Å²) in [6.07, 6.45) is 6.77. The van der Waals surface area contributed by atoms with Crippen LogP contribution in [0.1, 0.15) is 66.2 Å². The molecule has 7 nitrogen and oxygen atoms in total. The van der Waals surface area contributed by atoms with Gasteiger partial charge in [-0.15, -0.1) is 24.0 Å². The summed E-state index contributed by atoms with van der Waals surface area (Å²) in [4.78, 5) is 30.5. The molecule has 2 saturated carbocycles. The van der Waals surface area contributed by atoms with Gasteiger partial charge >= 0.3 is 0 Å². The lowest BCUT2D eigenvalue weighted by atomic mass is 9.51. The van der Waals surface area contributed by atoms with Crippen molar-refractivity contribution in [3.8, 4) is 0 Å². The minimum absolute atomic E-state index is 0. The molecule has 1 aromatic carbocycles. The van der Waals surface area contributed by atoms with Crippen molar-refractivity contribution in [2.45, 2.75) is 57.6 Å². The van der Waals surface area contributed by atoms with E-state index in [4.69, 9.17) is 4.74 Å². The number of carbonyl (C=O) groups is 2. The Morgan fingerprint density at radius 2 is 1.87 bits per heavy atom. The quantitative estimate of drug-likeness (QED) is 0.174. The first-order valence-corrected chi connectivity index (χ1v) is 11.1. The minimum Gasteiger partial charge on any atom is -0.378 e. The van der Waals surface area contributed by atoms with Gasteiger partial charge in [0.1, 0.15) is 0 Å². The molecule has 2 N–H and O–H groups in total. The fraction of sp³-hybridized carbons (Fsp3) is 0.609. The molecule has 1 heterocycles. The lowest BCUT2D eigenvalue weighted by Gasteiger charge is -2.61. The number of guanidine groups is 1. The number of hydrogen-bond donors (Lipinski definition) is 2. The maximum Gasteiger partial charge on any atom is 0.261 e. The standard InChI is InChI=1S/C23H32N4O3.HI/c1-3-30-19-15-18(23(19)11-8-12-23)26-22(24-2)25-13-6-7-14-27-20(28)16-9-4-5-10-17(16)21(27)29;/h4-5,9-10,18-19H,3,6-8,11-15H2,1-2H3,(H2,24,25,26);1H. The molecule has 0 aromatic heterocycles. The number of carbonyl (C=O) groups excluding carboxylic acids is 2. The van der Waals surface area contributed by atoms with Crippen molar-refractivity contribution in [2.75, 3.05) is 26.7 Å². The van der Waals surface area contributed by atoms with Crippen LogP contribution in [-0.2, 0) is 4.74 Å². The van der Waals surface area contributed by atoms with E-state index in [0.29, 0.717) is 35.2 Å². The molecule has 2 atom stereocenters. The molecule has 1 aliphatic heterocycles. The number of imide groups is 1. The van der Waals surface area contributed by atoms with Crippen LogP contribution in [0.4, 0.5) is 0 Å². The number of hydrogen-bond acceptors (Lipinski definition) is 4. The summed E-state index contributed by atoms with van der Waals surface area (Å²) in [5.74, 6) is 0.461. The van der Waals surface area contributed by atoms with Gasteiger partial charge in [-0.1, -0.05) is 18.6 Å². The van der Waals surface area contributed by atoms with Gasteiger partial charge in [-0.3, -0.25) is 19.5 Å². The van der Waals surface area contributed by atoms with Crippen molar-refractivity contribution >= 4 is 41.8 Å². The first-order chi connectivity index (χ1) is 14.6. The number of halogens is 1. The molecule has 2 amide bonds. The second-order valence-electron chi connectivity index (χ2n) is 8.48. The highest BCUT2D eigenvalue weighted by atomic mass is 127. The Morgan fingerprint density at radius 3 is 2.42 bits per heavy atom. The number of ether oxygens (including phenoxy) is 1. The molecule has 2 unspecified atom stereocenters. The zero-order valence-corrected chi connectivity index (χ0v) is 20.7. The van der Waals surface area contributed by atoms with Crippen LogP contribution in [0.2, 0.25) is 0 Å². The zero-order valence-electron chi connectivity index (χ0n) is 18.4. The van der Waals surface area contributed by atoms with E-state index in [0.717, 1.165) is 38.4 Å². The highest BCUT2D eigenvalue weighted by Crippen LogP contribution is 2.57. The lowest BCUT2D eigenvalue weighted by molar-refractivity contribution is -0.168. The van der Waals surface area contributed by atoms with Gasteiger partial charge in [0.25, 0.3) is 11.8 Å². The SMILES string of the molecule is CCOC1CC(NC(=NC)NCCCCN2C(=O)c3ccccc3C2=O)C12CCC2.I. The van der Waals surface area contributed by atoms with Crippen LogP contribution in [-0.4, -0.2) is 61.6 Å². The molecule has 170 valence electrons. The van der Waals surface area contributed by atoms with Crippen LogP contribution < -0.4 is 10.6 Å². The van der Waals surface area contributed by atoms with Crippen molar-refractivity contribution in [2.24, 2.45) is 10.4 Å². The van der Waals surface area contributed by atoms with Crippen molar-refractivity contribution in [3.05, 3.63) is 35.4 Å². The number of unbranched alkanes of at least 4 members (excludes halogenated alkanes) is 1. The van der Waals surface area contributed by atoms with E-state index in [9.17, 15) is 9.59 Å². The Kier molecular flexibility index (Phi) is 7.96. The topological polar surface area (TPSA) is 83.0 Å². The van der Waals surface area contributed by atoms with E-state index in [1.54, 1.807) is 31.3 Å². The van der Waals surface area contributed by atoms with E-state index in [1.807, 2.05) is 0 Å². The predicted molar refractivity (Wildman–Crippen MR) is 131 cm³/mol. The molecule has 2 aliphatic carbocycles. The Hall–Kier alpha value is -1.68. The molecule has 1 spiro atoms. The smallest absolute Gasteiger partial charge is 0.261 e. The highest BCUT2D eigenvalue weighted by molar-refractivity contribution is 14.0. The Labute approximate surface area is 201 Å². The molecule has 1 aromatic rings. The van der Waals surface area contributed by atoms with Crippen molar-refractivity contribution < 1.29 is 14.3 Å². The lowest BCUT2D eigenvalue weighted by Crippen LogP contribution is -2.68. The molecule has 0 bridgehead atoms. The molecule has 3 aliphatic rings. The van der Waals surface area contributed by atoms with Crippen LogP contribution in [0, 0.1) is 5.41 Å². The summed E-state index contributed by atoms with van der Waals surface area (Å²) in [7, 11) is 1.79. The third-order valence-corrected chi connectivity index (χ3v) is 6.95. The minimum atomic E-state index is -0.180. The predicted octanol–water partition coefficient (Wildman–Crippen LogP) is 3.19. The van der Waals surface area contributed by atoms with Crippen LogP contribution >= 0.6 is 24.0 Å². The number of fused-ring (bicyclic) bond motifs is 1. The van der Waals surface area contributed by atoms with Gasteiger partial charge in [-0.25, -0.2) is 0 Å². The van der Waals surface area contributed by atoms with Gasteiger partial charge < -0.3 is 15.4 Å². The second-order valence-corrected chi connectivity index (χ2v) is 8.48. The maximum absolute atomic E-state index is 12.4. The normalized spacial score (nSPS) is 23.7. The fourth-order valence-corrected chi connectivity index (χ4v) is 5.04. The number of aliphatic imine (C=N–C) groups is 1. The molecular weight excluding hydrogens is 507 g/mol. The van der Waals surface area contributed by atoms with Gasteiger partial charge in [-0.2, -0.15) is 0 Å². The number of benzene rings is 1. The van der Waals surface area contributed by atoms with E-state index < -0.39 is 0 Å². The van der Waals surface area contributed by atoms with E-state index in [2.05, 4.69) is 22.5 Å². The van der Waals surface area contributed by atoms with Crippen molar-refractivity contribution in [1.82, 2.24) is 15.5 Å². The van der Waals surface area contributed by atoms with Crippen LogP contribution in [0.15, 0.2) is 29.3 Å². The van der Waals surface area contributed by atoms with Crippen LogP contribution in [0.5, 0.6) is 0 Å². The third-order valence-electron chi connectivity index (χ3n) is 6.95. The number of nitrogens with zero attached hydrogens (tertiary/aromatic N) is 2. The summed E-state index contributed by atoms with van der Waals surface area (Å²) in [6, 6.07) is 7.45. The first kappa shape index (κ1) is 24.0. The van der Waals surface area contributed by atoms with Crippen LogP contribution in [0.3, 0.4) is 0 Å². The molecule has 31 heavy (non-hydrogen) atoms. The molecule has 2 fully saturated rings. The highest BCUT2D eigenvalue weighted by Gasteiger charge is 2.59. The fourth-order valence-electron chi connectivity index (χ4n) is 5.04. The van der Waals surface area contributed by atoms with Gasteiger partial charge in [-0.05, 0) is 51.2 Å². The Balaban J connectivity index is 0.00000272. The van der Waals surface area contributed by atoms with Gasteiger partial charge in [0.05, 0.1) is 17.2 Å². The maximum atomic E-state index is 12.4. The average molecular weight is 540 g/mol. The van der Waals surface area contributed by atoms with Gasteiger partial charge in [0.2, 0.25) is 0 Å². The van der Waals surface area contributed by atoms with Crippen molar-refractivity contribution in [3.63, 3.8) is 0 Å². The molecule has 8 heteroatoms. The summed E-state index contributed by atoms with van der Waals surface area (Å²) in [6.45, 7) is 4.04. The molecule has 4 rings (SSSR count). The van der Waals surface area contributed by atoms with Crippen molar-refractivity contribution in [1.29, 1.82) is 0 Å². The Morgan fingerprint density at radius 1 is 1.19 bits per heavy atom. The van der Waals surface area contributed by atoms with E-state index in [1.165, 1.54) is 24.2 Å². The molecule has 0 radical (unpaired) electrons. The summed E-state index contributed by atoms with van der Waals surface area (Å²) in [5.41, 5.74) is 1.32. The second kappa shape index (κ2) is 10.3. The van der Waals surface area contributed by atoms with E-state index in [-0.39, 0.29) is 35.8 Å². The average Bonchev–Trinajstić information content (AvgIpc) is 2.95. The number of nitrogens with one attached hydrogen (secondary N) is 2. The summed E-state index contributed by atoms with van der Waals surface area (Å²) in [5, 5.41) is 6.96. The third kappa shape index (κ3) is 4.46.